The molecule has 2 aliphatic carbocycles. The summed E-state index contributed by atoms with van der Waals surface area (Å²) in [5, 5.41) is 0. The van der Waals surface area contributed by atoms with Gasteiger partial charge in [-0.1, -0.05) is 19.1 Å². The number of esters is 1. The van der Waals surface area contributed by atoms with Gasteiger partial charge in [0, 0.05) is 6.42 Å². The van der Waals surface area contributed by atoms with Crippen LogP contribution in [0.3, 0.4) is 0 Å². The summed E-state index contributed by atoms with van der Waals surface area (Å²) < 4.78 is 4.71. The van der Waals surface area contributed by atoms with E-state index in [9.17, 15) is 4.79 Å². The zero-order valence-electron chi connectivity index (χ0n) is 8.58. The second-order valence-corrected chi connectivity index (χ2v) is 7.92. The lowest BCUT2D eigenvalue weighted by atomic mass is 9.94. The largest absolute Gasteiger partial charge is 0.437 e. The minimum absolute atomic E-state index is 0.0704. The van der Waals surface area contributed by atoms with Gasteiger partial charge < -0.3 is 4.74 Å². The van der Waals surface area contributed by atoms with Gasteiger partial charge >= 0.3 is 5.97 Å². The maximum atomic E-state index is 11.9. The average Bonchev–Trinajstić information content (AvgIpc) is 2.78. The van der Waals surface area contributed by atoms with E-state index in [-0.39, 0.29) is 11.9 Å². The molecule has 4 heteroatoms. The van der Waals surface area contributed by atoms with E-state index in [2.05, 4.69) is 44.0 Å². The first-order valence-corrected chi connectivity index (χ1v) is 6.89. The van der Waals surface area contributed by atoms with E-state index in [4.69, 9.17) is 4.74 Å². The third kappa shape index (κ3) is 2.47. The third-order valence-corrected chi connectivity index (χ3v) is 4.69. The quantitative estimate of drug-likeness (QED) is 0.447. The van der Waals surface area contributed by atoms with Crippen LogP contribution in [-0.2, 0) is 9.53 Å². The van der Waals surface area contributed by atoms with E-state index in [0.717, 1.165) is 12.8 Å². The highest BCUT2D eigenvalue weighted by Crippen LogP contribution is 2.45. The first-order valence-electron chi connectivity index (χ1n) is 5.31. The summed E-state index contributed by atoms with van der Waals surface area (Å²) in [6, 6.07) is 0. The van der Waals surface area contributed by atoms with Crippen molar-refractivity contribution in [1.82, 2.24) is 0 Å². The van der Waals surface area contributed by atoms with E-state index in [0.29, 0.717) is 18.3 Å². The molecule has 2 nitrogen and oxygen atoms in total. The molecule has 0 saturated heterocycles. The molecule has 15 heavy (non-hydrogen) atoms. The minimum Gasteiger partial charge on any atom is -0.437 e. The first kappa shape index (κ1) is 11.6. The van der Waals surface area contributed by atoms with Gasteiger partial charge in [0.25, 0.3) is 0 Å². The molecule has 1 fully saturated rings. The summed E-state index contributed by atoms with van der Waals surface area (Å²) in [4.78, 5) is 11.9. The second-order valence-electron chi connectivity index (χ2n) is 4.30. The molecule has 3 unspecified atom stereocenters. The monoisotopic (exact) mass is 336 g/mol. The molecule has 0 amide bonds. The van der Waals surface area contributed by atoms with Gasteiger partial charge in [0.1, 0.15) is 0 Å². The van der Waals surface area contributed by atoms with Crippen LogP contribution in [0.25, 0.3) is 0 Å². The standard InChI is InChI=1S/C11H14Br2O2/c1-2-11(12,13)15-10(14)9-6-7-3-4-8(9)5-7/h3-4,7-9H,2,5-6H2,1H3. The van der Waals surface area contributed by atoms with Crippen molar-refractivity contribution in [2.24, 2.45) is 17.8 Å². The van der Waals surface area contributed by atoms with Crippen LogP contribution in [0.1, 0.15) is 26.2 Å². The average molecular weight is 338 g/mol. The van der Waals surface area contributed by atoms with Crippen molar-refractivity contribution < 1.29 is 9.53 Å². The van der Waals surface area contributed by atoms with Gasteiger partial charge in [0.2, 0.25) is 3.42 Å². The second kappa shape index (κ2) is 4.21. The van der Waals surface area contributed by atoms with Gasteiger partial charge in [-0.25, -0.2) is 0 Å². The minimum atomic E-state index is -0.678. The summed E-state index contributed by atoms with van der Waals surface area (Å²) in [7, 11) is 0. The van der Waals surface area contributed by atoms with E-state index in [1.165, 1.54) is 0 Å². The van der Waals surface area contributed by atoms with Gasteiger partial charge in [-0.15, -0.1) is 0 Å². The van der Waals surface area contributed by atoms with E-state index in [1.807, 2.05) is 6.92 Å². The predicted octanol–water partition coefficient (Wildman–Crippen LogP) is 3.60. The van der Waals surface area contributed by atoms with Gasteiger partial charge in [0.15, 0.2) is 0 Å². The molecule has 84 valence electrons. The number of carbonyl (C=O) groups is 1. The number of allylic oxidation sites excluding steroid dienone is 2. The Kier molecular flexibility index (Phi) is 3.27. The van der Waals surface area contributed by atoms with Gasteiger partial charge in [-0.3, -0.25) is 4.79 Å². The highest BCUT2D eigenvalue weighted by Gasteiger charge is 2.42. The molecule has 2 aliphatic rings. The molecule has 2 rings (SSSR count). The Bertz CT molecular complexity index is 299. The Morgan fingerprint density at radius 3 is 2.67 bits per heavy atom. The molecule has 0 heterocycles. The fraction of sp³-hybridized carbons (Fsp3) is 0.727. The Morgan fingerprint density at radius 1 is 1.47 bits per heavy atom. The topological polar surface area (TPSA) is 26.3 Å². The van der Waals surface area contributed by atoms with Crippen molar-refractivity contribution in [3.8, 4) is 0 Å². The highest BCUT2D eigenvalue weighted by atomic mass is 79.9. The molecule has 0 aliphatic heterocycles. The molecule has 0 aromatic heterocycles. The Balaban J connectivity index is 1.95. The first-order chi connectivity index (χ1) is 7.02. The number of carbonyl (C=O) groups excluding carboxylic acids is 1. The predicted molar refractivity (Wildman–Crippen MR) is 65.8 cm³/mol. The molecule has 3 atom stereocenters. The zero-order chi connectivity index (χ0) is 11.1. The summed E-state index contributed by atoms with van der Waals surface area (Å²) in [5.41, 5.74) is 0. The Morgan fingerprint density at radius 2 is 2.20 bits per heavy atom. The molecule has 0 spiro atoms. The highest BCUT2D eigenvalue weighted by molar-refractivity contribution is 9.25. The van der Waals surface area contributed by atoms with Crippen LogP contribution >= 0.6 is 31.9 Å². The molecular weight excluding hydrogens is 324 g/mol. The molecule has 0 aromatic rings. The molecule has 2 bridgehead atoms. The molecule has 1 saturated carbocycles. The summed E-state index contributed by atoms with van der Waals surface area (Å²) in [5.74, 6) is 1.01. The van der Waals surface area contributed by atoms with Crippen molar-refractivity contribution in [2.45, 2.75) is 29.6 Å². The normalized spacial score (nSPS) is 33.4. The number of hydrogen-bond acceptors (Lipinski definition) is 2. The van der Waals surface area contributed by atoms with Crippen LogP contribution in [0.5, 0.6) is 0 Å². The number of alkyl halides is 2. The number of halogens is 2. The molecule has 0 aromatic carbocycles. The van der Waals surface area contributed by atoms with Crippen LogP contribution < -0.4 is 0 Å². The summed E-state index contributed by atoms with van der Waals surface area (Å²) in [6.45, 7) is 1.96. The van der Waals surface area contributed by atoms with E-state index >= 15 is 0 Å². The lowest BCUT2D eigenvalue weighted by Gasteiger charge is -2.23. The van der Waals surface area contributed by atoms with Crippen LogP contribution in [0.2, 0.25) is 0 Å². The van der Waals surface area contributed by atoms with Crippen molar-refractivity contribution in [3.63, 3.8) is 0 Å². The van der Waals surface area contributed by atoms with Crippen LogP contribution in [0.15, 0.2) is 12.2 Å². The smallest absolute Gasteiger partial charge is 0.311 e. The van der Waals surface area contributed by atoms with Crippen LogP contribution in [0, 0.1) is 17.8 Å². The molecule has 0 radical (unpaired) electrons. The summed E-state index contributed by atoms with van der Waals surface area (Å²) in [6.07, 6.45) is 7.18. The van der Waals surface area contributed by atoms with E-state index in [1.54, 1.807) is 0 Å². The lowest BCUT2D eigenvalue weighted by molar-refractivity contribution is -0.152. The number of rotatable bonds is 3. The maximum Gasteiger partial charge on any atom is 0.311 e. The number of fused-ring (bicyclic) bond motifs is 2. The fourth-order valence-electron chi connectivity index (χ4n) is 2.35. The number of hydrogen-bond donors (Lipinski definition) is 0. The maximum absolute atomic E-state index is 11.9. The third-order valence-electron chi connectivity index (χ3n) is 3.24. The fourth-order valence-corrected chi connectivity index (χ4v) is 2.67. The van der Waals surface area contributed by atoms with Gasteiger partial charge in [-0.2, -0.15) is 0 Å². The molecular formula is C11H14Br2O2. The van der Waals surface area contributed by atoms with Crippen molar-refractivity contribution >= 4 is 37.8 Å². The van der Waals surface area contributed by atoms with E-state index < -0.39 is 3.42 Å². The SMILES string of the molecule is CCC(Br)(Br)OC(=O)C1CC2C=CC1C2. The molecule has 0 N–H and O–H groups in total. The van der Waals surface area contributed by atoms with Crippen molar-refractivity contribution in [2.75, 3.05) is 0 Å². The van der Waals surface area contributed by atoms with Crippen LogP contribution in [-0.4, -0.2) is 9.39 Å². The zero-order valence-corrected chi connectivity index (χ0v) is 11.8. The number of ether oxygens (including phenoxy) is 1. The summed E-state index contributed by atoms with van der Waals surface area (Å²) >= 11 is 6.67. The van der Waals surface area contributed by atoms with Gasteiger partial charge in [0.05, 0.1) is 5.92 Å². The Hall–Kier alpha value is 0.170. The lowest BCUT2D eigenvalue weighted by Crippen LogP contribution is -2.28. The van der Waals surface area contributed by atoms with Crippen LogP contribution in [0.4, 0.5) is 0 Å². The van der Waals surface area contributed by atoms with Crippen molar-refractivity contribution in [3.05, 3.63) is 12.2 Å². The van der Waals surface area contributed by atoms with Gasteiger partial charge in [-0.05, 0) is 56.5 Å². The Labute approximate surface area is 107 Å². The van der Waals surface area contributed by atoms with Crippen molar-refractivity contribution in [1.29, 1.82) is 0 Å².